The summed E-state index contributed by atoms with van der Waals surface area (Å²) in [4.78, 5) is 28.9. The molecule has 7 heteroatoms. The summed E-state index contributed by atoms with van der Waals surface area (Å²) in [6.07, 6.45) is 6.83. The second-order valence-corrected chi connectivity index (χ2v) is 5.47. The number of carbonyl (C=O) groups is 1. The molecule has 0 aromatic carbocycles. The number of aromatic nitrogens is 3. The molecule has 1 N–H and O–H groups in total. The second kappa shape index (κ2) is 7.15. The van der Waals surface area contributed by atoms with Crippen LogP contribution in [0.15, 0.2) is 43.0 Å². The van der Waals surface area contributed by atoms with E-state index in [2.05, 4.69) is 30.1 Å². The monoisotopic (exact) mass is 312 g/mol. The number of carbonyl (C=O) groups excluding carboxylic acids is 1. The predicted octanol–water partition coefficient (Wildman–Crippen LogP) is 1.02. The summed E-state index contributed by atoms with van der Waals surface area (Å²) in [6, 6.07) is 5.53. The highest BCUT2D eigenvalue weighted by Crippen LogP contribution is 2.16. The molecule has 0 radical (unpaired) electrons. The van der Waals surface area contributed by atoms with Crippen molar-refractivity contribution in [2.24, 2.45) is 0 Å². The van der Waals surface area contributed by atoms with Crippen LogP contribution in [0.5, 0.6) is 0 Å². The first-order valence-electron chi connectivity index (χ1n) is 7.71. The highest BCUT2D eigenvalue weighted by atomic mass is 16.2. The molecule has 1 amide bonds. The molecular weight excluding hydrogens is 292 g/mol. The Hall–Kier alpha value is -2.54. The molecule has 23 heavy (non-hydrogen) atoms. The van der Waals surface area contributed by atoms with Gasteiger partial charge >= 0.3 is 0 Å². The van der Waals surface area contributed by atoms with Crippen LogP contribution in [-0.2, 0) is 4.79 Å². The van der Waals surface area contributed by atoms with Crippen molar-refractivity contribution in [3.8, 4) is 0 Å². The quantitative estimate of drug-likeness (QED) is 0.908. The molecule has 1 saturated heterocycles. The van der Waals surface area contributed by atoms with Crippen molar-refractivity contribution < 1.29 is 4.79 Å². The molecule has 2 aromatic heterocycles. The minimum Gasteiger partial charge on any atom is -0.369 e. The average molecular weight is 312 g/mol. The van der Waals surface area contributed by atoms with Gasteiger partial charge in [-0.1, -0.05) is 0 Å². The van der Waals surface area contributed by atoms with Crippen molar-refractivity contribution in [2.45, 2.75) is 13.0 Å². The Labute approximate surface area is 135 Å². The predicted molar refractivity (Wildman–Crippen MR) is 88.1 cm³/mol. The lowest BCUT2D eigenvalue weighted by Gasteiger charge is -2.38. The summed E-state index contributed by atoms with van der Waals surface area (Å²) in [5.41, 5.74) is 1.18. The van der Waals surface area contributed by atoms with E-state index in [0.29, 0.717) is 5.95 Å². The third kappa shape index (κ3) is 3.81. The minimum atomic E-state index is -0.210. The third-order valence-corrected chi connectivity index (χ3v) is 4.07. The van der Waals surface area contributed by atoms with Crippen LogP contribution in [0, 0.1) is 0 Å². The van der Waals surface area contributed by atoms with Crippen molar-refractivity contribution in [2.75, 3.05) is 36.4 Å². The molecule has 0 saturated carbocycles. The Kier molecular flexibility index (Phi) is 4.77. The van der Waals surface area contributed by atoms with E-state index in [4.69, 9.17) is 0 Å². The maximum Gasteiger partial charge on any atom is 0.243 e. The number of rotatable bonds is 4. The van der Waals surface area contributed by atoms with Gasteiger partial charge in [0.1, 0.15) is 0 Å². The lowest BCUT2D eigenvalue weighted by atomic mass is 10.2. The van der Waals surface area contributed by atoms with Crippen LogP contribution in [0.25, 0.3) is 0 Å². The van der Waals surface area contributed by atoms with Gasteiger partial charge in [0.2, 0.25) is 11.9 Å². The molecule has 0 bridgehead atoms. The van der Waals surface area contributed by atoms with Crippen LogP contribution >= 0.6 is 0 Å². The molecule has 120 valence electrons. The van der Waals surface area contributed by atoms with Gasteiger partial charge in [0.15, 0.2) is 0 Å². The first-order valence-corrected chi connectivity index (χ1v) is 7.71. The first kappa shape index (κ1) is 15.4. The number of nitrogens with zero attached hydrogens (tertiary/aromatic N) is 5. The van der Waals surface area contributed by atoms with Gasteiger partial charge in [0.25, 0.3) is 0 Å². The molecule has 7 nitrogen and oxygen atoms in total. The summed E-state index contributed by atoms with van der Waals surface area (Å²) >= 11 is 0. The fraction of sp³-hybridized carbons (Fsp3) is 0.375. The summed E-state index contributed by atoms with van der Waals surface area (Å²) in [7, 11) is 0. The van der Waals surface area contributed by atoms with Gasteiger partial charge in [0.05, 0.1) is 6.04 Å². The average Bonchev–Trinajstić information content (AvgIpc) is 2.63. The van der Waals surface area contributed by atoms with Crippen LogP contribution in [0.4, 0.5) is 11.6 Å². The third-order valence-electron chi connectivity index (χ3n) is 4.07. The topological polar surface area (TPSA) is 74.2 Å². The fourth-order valence-electron chi connectivity index (χ4n) is 2.67. The van der Waals surface area contributed by atoms with Gasteiger partial charge in [0, 0.05) is 56.7 Å². The molecule has 0 aliphatic carbocycles. The molecule has 0 unspecified atom stereocenters. The molecule has 0 spiro atoms. The minimum absolute atomic E-state index is 0.0754. The van der Waals surface area contributed by atoms with Gasteiger partial charge < -0.3 is 4.90 Å². The molecule has 1 aliphatic rings. The number of anilines is 2. The zero-order chi connectivity index (χ0) is 16.1. The zero-order valence-electron chi connectivity index (χ0n) is 13.1. The number of hydrogen-bond donors (Lipinski definition) is 1. The lowest BCUT2D eigenvalue weighted by molar-refractivity contribution is -0.120. The van der Waals surface area contributed by atoms with Crippen LogP contribution in [-0.4, -0.2) is 58.0 Å². The first-order chi connectivity index (χ1) is 11.2. The summed E-state index contributed by atoms with van der Waals surface area (Å²) in [6.45, 7) is 5.38. The van der Waals surface area contributed by atoms with Gasteiger partial charge in [-0.3, -0.25) is 20.0 Å². The van der Waals surface area contributed by atoms with E-state index in [-0.39, 0.29) is 11.9 Å². The Morgan fingerprint density at radius 3 is 2.39 bits per heavy atom. The fourth-order valence-corrected chi connectivity index (χ4v) is 2.67. The Balaban J connectivity index is 1.53. The largest absolute Gasteiger partial charge is 0.369 e. The lowest BCUT2D eigenvalue weighted by Crippen LogP contribution is -2.52. The highest BCUT2D eigenvalue weighted by molar-refractivity contribution is 5.93. The number of piperazine rings is 1. The SMILES string of the molecule is C[C@H](C(=O)Nc1ncccn1)N1CCN(c2ccncc2)CC1. The standard InChI is InChI=1S/C16H20N6O/c1-13(15(23)20-16-18-5-2-6-19-16)21-9-11-22(12-10-21)14-3-7-17-8-4-14/h2-8,13H,9-12H2,1H3,(H,18,19,20,23)/t13-/m1/s1. The number of nitrogens with one attached hydrogen (secondary N) is 1. The van der Waals surface area contributed by atoms with Gasteiger partial charge in [-0.05, 0) is 25.1 Å². The van der Waals surface area contributed by atoms with Crippen molar-refractivity contribution >= 4 is 17.5 Å². The van der Waals surface area contributed by atoms with E-state index in [1.807, 2.05) is 19.1 Å². The van der Waals surface area contributed by atoms with Gasteiger partial charge in [-0.15, -0.1) is 0 Å². The van der Waals surface area contributed by atoms with Gasteiger partial charge in [-0.25, -0.2) is 9.97 Å². The normalized spacial score (nSPS) is 16.8. The van der Waals surface area contributed by atoms with Crippen molar-refractivity contribution in [3.63, 3.8) is 0 Å². The Morgan fingerprint density at radius 2 is 1.74 bits per heavy atom. The smallest absolute Gasteiger partial charge is 0.243 e. The molecular formula is C16H20N6O. The molecule has 2 aromatic rings. The van der Waals surface area contributed by atoms with E-state index >= 15 is 0 Å². The molecule has 1 aliphatic heterocycles. The summed E-state index contributed by atoms with van der Waals surface area (Å²) in [5, 5.41) is 2.76. The molecule has 3 heterocycles. The zero-order valence-corrected chi connectivity index (χ0v) is 13.1. The number of amides is 1. The van der Waals surface area contributed by atoms with Crippen LogP contribution in [0.2, 0.25) is 0 Å². The van der Waals surface area contributed by atoms with E-state index < -0.39 is 0 Å². The van der Waals surface area contributed by atoms with E-state index in [1.54, 1.807) is 30.9 Å². The van der Waals surface area contributed by atoms with Crippen LogP contribution in [0.1, 0.15) is 6.92 Å². The second-order valence-electron chi connectivity index (χ2n) is 5.47. The van der Waals surface area contributed by atoms with E-state index in [9.17, 15) is 4.79 Å². The molecule has 1 atom stereocenters. The van der Waals surface area contributed by atoms with Crippen LogP contribution < -0.4 is 10.2 Å². The van der Waals surface area contributed by atoms with E-state index in [0.717, 1.165) is 26.2 Å². The highest BCUT2D eigenvalue weighted by Gasteiger charge is 2.26. The Bertz CT molecular complexity index is 628. The molecule has 1 fully saturated rings. The van der Waals surface area contributed by atoms with Crippen molar-refractivity contribution in [1.29, 1.82) is 0 Å². The summed E-state index contributed by atoms with van der Waals surface area (Å²) in [5.74, 6) is 0.272. The molecule has 3 rings (SSSR count). The van der Waals surface area contributed by atoms with Crippen molar-refractivity contribution in [1.82, 2.24) is 19.9 Å². The Morgan fingerprint density at radius 1 is 1.09 bits per heavy atom. The van der Waals surface area contributed by atoms with Gasteiger partial charge in [-0.2, -0.15) is 0 Å². The summed E-state index contributed by atoms with van der Waals surface area (Å²) < 4.78 is 0. The van der Waals surface area contributed by atoms with Crippen molar-refractivity contribution in [3.05, 3.63) is 43.0 Å². The number of hydrogen-bond acceptors (Lipinski definition) is 6. The maximum atomic E-state index is 12.3. The van der Waals surface area contributed by atoms with Crippen LogP contribution in [0.3, 0.4) is 0 Å². The maximum absolute atomic E-state index is 12.3. The number of pyridine rings is 1. The van der Waals surface area contributed by atoms with E-state index in [1.165, 1.54) is 5.69 Å².